The van der Waals surface area contributed by atoms with Crippen molar-refractivity contribution in [2.45, 2.75) is 57.4 Å². The molecule has 0 N–H and O–H groups in total. The van der Waals surface area contributed by atoms with Gasteiger partial charge in [0.15, 0.2) is 0 Å². The second kappa shape index (κ2) is 4.53. The maximum atomic E-state index is 4.55. The lowest BCUT2D eigenvalue weighted by Crippen LogP contribution is -2.49. The molecular weight excluding hydrogens is 214 g/mol. The van der Waals surface area contributed by atoms with Crippen LogP contribution in [0.15, 0.2) is 0 Å². The lowest BCUT2D eigenvalue weighted by molar-refractivity contribution is 0.0472. The zero-order valence-corrected chi connectivity index (χ0v) is 11.2. The highest BCUT2D eigenvalue weighted by Gasteiger charge is 2.45. The Balaban J connectivity index is 1.64. The average Bonchev–Trinajstić information content (AvgIpc) is 3.10. The molecule has 16 heavy (non-hydrogen) atoms. The van der Waals surface area contributed by atoms with Crippen molar-refractivity contribution in [3.63, 3.8) is 0 Å². The maximum Gasteiger partial charge on any atom is 0.0124 e. The highest BCUT2D eigenvalue weighted by atomic mass is 32.1. The number of hydrogen-bond acceptors (Lipinski definition) is 2. The first kappa shape index (κ1) is 11.4. The molecule has 2 saturated carbocycles. The summed E-state index contributed by atoms with van der Waals surface area (Å²) in [6.07, 6.45) is 11.8. The number of fused-ring (bicyclic) bond motifs is 1. The number of thiol groups is 1. The average molecular weight is 239 g/mol. The van der Waals surface area contributed by atoms with Gasteiger partial charge in [-0.25, -0.2) is 0 Å². The topological polar surface area (TPSA) is 3.24 Å². The second-order valence-corrected chi connectivity index (χ2v) is 6.70. The van der Waals surface area contributed by atoms with Gasteiger partial charge in [0.2, 0.25) is 0 Å². The molecule has 3 rings (SSSR count). The van der Waals surface area contributed by atoms with Gasteiger partial charge in [-0.05, 0) is 62.2 Å². The summed E-state index contributed by atoms with van der Waals surface area (Å²) >= 11 is 4.55. The van der Waals surface area contributed by atoms with Crippen molar-refractivity contribution in [2.24, 2.45) is 11.3 Å². The Morgan fingerprint density at radius 3 is 2.56 bits per heavy atom. The molecule has 0 aromatic rings. The lowest BCUT2D eigenvalue weighted by Gasteiger charge is -2.45. The molecule has 3 aliphatic rings. The number of piperidine rings is 1. The van der Waals surface area contributed by atoms with Crippen LogP contribution in [0.5, 0.6) is 0 Å². The van der Waals surface area contributed by atoms with E-state index in [4.69, 9.17) is 0 Å². The number of rotatable bonds is 3. The smallest absolute Gasteiger partial charge is 0.0124 e. The summed E-state index contributed by atoms with van der Waals surface area (Å²) < 4.78 is 0. The largest absolute Gasteiger partial charge is 0.300 e. The molecule has 2 atom stereocenters. The van der Waals surface area contributed by atoms with Crippen molar-refractivity contribution in [3.8, 4) is 0 Å². The van der Waals surface area contributed by atoms with E-state index >= 15 is 0 Å². The van der Waals surface area contributed by atoms with Crippen molar-refractivity contribution in [1.82, 2.24) is 4.90 Å². The minimum Gasteiger partial charge on any atom is -0.300 e. The van der Waals surface area contributed by atoms with Crippen LogP contribution in [-0.2, 0) is 0 Å². The highest BCUT2D eigenvalue weighted by molar-refractivity contribution is 7.80. The molecule has 2 aliphatic carbocycles. The summed E-state index contributed by atoms with van der Waals surface area (Å²) in [6, 6.07) is 0.944. The Bertz CT molecular complexity index is 247. The Hall–Kier alpha value is 0.310. The van der Waals surface area contributed by atoms with Crippen molar-refractivity contribution >= 4 is 12.6 Å². The number of likely N-dealkylation sites (tertiary alicyclic amines) is 1. The van der Waals surface area contributed by atoms with Crippen LogP contribution < -0.4 is 0 Å². The molecule has 3 fully saturated rings. The van der Waals surface area contributed by atoms with Crippen molar-refractivity contribution in [3.05, 3.63) is 0 Å². The minimum absolute atomic E-state index is 0.627. The van der Waals surface area contributed by atoms with Gasteiger partial charge < -0.3 is 0 Å². The molecule has 0 aromatic heterocycles. The van der Waals surface area contributed by atoms with E-state index in [0.717, 1.165) is 17.7 Å². The van der Waals surface area contributed by atoms with E-state index in [2.05, 4.69) is 17.5 Å². The highest BCUT2D eigenvalue weighted by Crippen LogP contribution is 2.48. The molecule has 1 saturated heterocycles. The van der Waals surface area contributed by atoms with Gasteiger partial charge in [-0.3, -0.25) is 4.90 Å². The van der Waals surface area contributed by atoms with Crippen LogP contribution >= 0.6 is 12.6 Å². The minimum atomic E-state index is 0.627. The summed E-state index contributed by atoms with van der Waals surface area (Å²) in [4.78, 5) is 2.84. The van der Waals surface area contributed by atoms with Gasteiger partial charge in [0, 0.05) is 12.6 Å². The molecular formula is C14H25NS. The molecule has 0 amide bonds. The Kier molecular flexibility index (Phi) is 3.23. The van der Waals surface area contributed by atoms with E-state index < -0.39 is 0 Å². The molecule has 0 bridgehead atoms. The predicted octanol–water partition coefficient (Wildman–Crippen LogP) is 3.35. The Morgan fingerprint density at radius 1 is 1.06 bits per heavy atom. The van der Waals surface area contributed by atoms with Gasteiger partial charge in [0.1, 0.15) is 0 Å². The van der Waals surface area contributed by atoms with Crippen LogP contribution in [0.4, 0.5) is 0 Å². The molecule has 0 aromatic carbocycles. The molecule has 0 radical (unpaired) electrons. The molecule has 1 heterocycles. The molecule has 1 aliphatic heterocycles. The molecule has 0 spiro atoms. The lowest BCUT2D eigenvalue weighted by atomic mass is 9.78. The van der Waals surface area contributed by atoms with E-state index in [-0.39, 0.29) is 0 Å². The summed E-state index contributed by atoms with van der Waals surface area (Å²) in [5.41, 5.74) is 0.627. The quantitative estimate of drug-likeness (QED) is 0.739. The van der Waals surface area contributed by atoms with Gasteiger partial charge in [0.05, 0.1) is 0 Å². The predicted molar refractivity (Wildman–Crippen MR) is 72.1 cm³/mol. The van der Waals surface area contributed by atoms with Crippen LogP contribution in [0.1, 0.15) is 51.4 Å². The molecule has 1 nitrogen and oxygen atoms in total. The Morgan fingerprint density at radius 2 is 1.81 bits per heavy atom. The monoisotopic (exact) mass is 239 g/mol. The van der Waals surface area contributed by atoms with Gasteiger partial charge in [-0.2, -0.15) is 12.6 Å². The van der Waals surface area contributed by atoms with Crippen molar-refractivity contribution < 1.29 is 0 Å². The second-order valence-electron chi connectivity index (χ2n) is 6.38. The van der Waals surface area contributed by atoms with E-state index in [0.29, 0.717) is 5.41 Å². The van der Waals surface area contributed by atoms with Gasteiger partial charge in [-0.15, -0.1) is 0 Å². The number of nitrogens with zero attached hydrogens (tertiary/aromatic N) is 1. The summed E-state index contributed by atoms with van der Waals surface area (Å²) in [5, 5.41) is 0. The summed E-state index contributed by atoms with van der Waals surface area (Å²) in [5.74, 6) is 2.15. The molecule has 0 unspecified atom stereocenters. The van der Waals surface area contributed by atoms with Gasteiger partial charge in [-0.1, -0.05) is 12.8 Å². The zero-order chi connectivity index (χ0) is 11.0. The summed E-state index contributed by atoms with van der Waals surface area (Å²) in [7, 11) is 0. The fourth-order valence-corrected chi connectivity index (χ4v) is 4.31. The third-order valence-electron chi connectivity index (χ3n) is 5.19. The normalized spacial score (nSPS) is 38.1. The summed E-state index contributed by atoms with van der Waals surface area (Å²) in [6.45, 7) is 2.73. The third-order valence-corrected chi connectivity index (χ3v) is 5.86. The fraction of sp³-hybridized carbons (Fsp3) is 1.00. The molecule has 92 valence electrons. The van der Waals surface area contributed by atoms with Crippen molar-refractivity contribution in [2.75, 3.05) is 18.8 Å². The van der Waals surface area contributed by atoms with Gasteiger partial charge in [0.25, 0.3) is 0 Å². The fourth-order valence-electron chi connectivity index (χ4n) is 3.90. The van der Waals surface area contributed by atoms with Crippen LogP contribution in [0, 0.1) is 11.3 Å². The van der Waals surface area contributed by atoms with E-state index in [1.807, 2.05) is 0 Å². The first-order chi connectivity index (χ1) is 7.83. The van der Waals surface area contributed by atoms with Crippen LogP contribution in [0.2, 0.25) is 0 Å². The molecule has 2 heteroatoms. The van der Waals surface area contributed by atoms with E-state index in [9.17, 15) is 0 Å². The first-order valence-corrected chi connectivity index (χ1v) is 7.81. The third kappa shape index (κ3) is 2.15. The van der Waals surface area contributed by atoms with Crippen LogP contribution in [0.3, 0.4) is 0 Å². The standard InChI is InChI=1S/C14H25NS/c16-11-14(7-8-14)10-15-9-3-5-12-4-1-2-6-13(12)15/h12-13,16H,1-11H2/t12-,13-/m1/s1. The van der Waals surface area contributed by atoms with Crippen molar-refractivity contribution in [1.29, 1.82) is 0 Å². The zero-order valence-electron chi connectivity index (χ0n) is 10.3. The van der Waals surface area contributed by atoms with Gasteiger partial charge >= 0.3 is 0 Å². The van der Waals surface area contributed by atoms with E-state index in [1.165, 1.54) is 64.5 Å². The van der Waals surface area contributed by atoms with E-state index in [1.54, 1.807) is 0 Å². The maximum absolute atomic E-state index is 4.55. The Labute approximate surface area is 105 Å². The van der Waals surface area contributed by atoms with Crippen LogP contribution in [0.25, 0.3) is 0 Å². The number of hydrogen-bond donors (Lipinski definition) is 1. The first-order valence-electron chi connectivity index (χ1n) is 7.18. The van der Waals surface area contributed by atoms with Crippen LogP contribution in [-0.4, -0.2) is 29.8 Å². The SMILES string of the molecule is SCC1(CN2CCC[C@H]3CCCC[C@H]32)CC1.